The van der Waals surface area contributed by atoms with E-state index in [0.717, 1.165) is 50.2 Å². The Balaban J connectivity index is 1.42. The zero-order valence-electron chi connectivity index (χ0n) is 22.4. The number of carbonyl (C=O) groups excluding carboxylic acids is 1. The fourth-order valence-corrected chi connectivity index (χ4v) is 4.55. The lowest BCUT2D eigenvalue weighted by molar-refractivity contribution is 0.0827. The SMILES string of the molecule is Cc1cccc(C)c1NC(O)c1ccc(Nc2nc(-c3cccc(C(=O)N(C)C)c3)c3ccccc3n2)cc1. The molecule has 1 atom stereocenters. The number of aliphatic hydroxyl groups excluding tert-OH is 1. The number of anilines is 3. The average molecular weight is 518 g/mol. The van der Waals surface area contributed by atoms with Gasteiger partial charge in [-0.3, -0.25) is 4.79 Å². The van der Waals surface area contributed by atoms with Gasteiger partial charge in [-0.05, 0) is 55.3 Å². The fraction of sp³-hybridized carbons (Fsp3) is 0.156. The molecule has 0 aliphatic heterocycles. The van der Waals surface area contributed by atoms with Crippen molar-refractivity contribution in [1.29, 1.82) is 0 Å². The number of amides is 1. The second kappa shape index (κ2) is 10.9. The van der Waals surface area contributed by atoms with Crippen molar-refractivity contribution in [3.63, 3.8) is 0 Å². The van der Waals surface area contributed by atoms with E-state index in [9.17, 15) is 9.90 Å². The van der Waals surface area contributed by atoms with Crippen LogP contribution in [0.4, 0.5) is 17.3 Å². The van der Waals surface area contributed by atoms with Crippen molar-refractivity contribution in [2.24, 2.45) is 0 Å². The Kier molecular flexibility index (Phi) is 7.25. The van der Waals surface area contributed by atoms with Gasteiger partial charge in [0, 0.05) is 47.5 Å². The van der Waals surface area contributed by atoms with E-state index in [1.807, 2.05) is 98.8 Å². The van der Waals surface area contributed by atoms with Crippen LogP contribution in [0.15, 0.2) is 91.0 Å². The Morgan fingerprint density at radius 1 is 0.846 bits per heavy atom. The molecule has 1 unspecified atom stereocenters. The predicted octanol–water partition coefficient (Wildman–Crippen LogP) is 6.46. The number of para-hydroxylation sites is 2. The van der Waals surface area contributed by atoms with Crippen LogP contribution < -0.4 is 10.6 Å². The van der Waals surface area contributed by atoms with Gasteiger partial charge in [0.05, 0.1) is 11.2 Å². The lowest BCUT2D eigenvalue weighted by atomic mass is 10.0. The molecule has 0 aliphatic carbocycles. The third-order valence-electron chi connectivity index (χ3n) is 6.64. The summed E-state index contributed by atoms with van der Waals surface area (Å²) in [6, 6.07) is 28.8. The Morgan fingerprint density at radius 2 is 1.54 bits per heavy atom. The van der Waals surface area contributed by atoms with E-state index in [2.05, 4.69) is 10.6 Å². The normalized spacial score (nSPS) is 11.7. The number of hydrogen-bond acceptors (Lipinski definition) is 6. The summed E-state index contributed by atoms with van der Waals surface area (Å²) in [5, 5.41) is 18.2. The molecule has 1 amide bonds. The van der Waals surface area contributed by atoms with Crippen LogP contribution in [-0.2, 0) is 0 Å². The van der Waals surface area contributed by atoms with Gasteiger partial charge in [0.25, 0.3) is 5.91 Å². The number of aromatic nitrogens is 2. The molecule has 0 aliphatic rings. The smallest absolute Gasteiger partial charge is 0.253 e. The third kappa shape index (κ3) is 5.58. The summed E-state index contributed by atoms with van der Waals surface area (Å²) in [6.45, 7) is 4.03. The monoisotopic (exact) mass is 517 g/mol. The number of aliphatic hydroxyl groups is 1. The summed E-state index contributed by atoms with van der Waals surface area (Å²) in [5.41, 5.74) is 7.57. The molecule has 7 nitrogen and oxygen atoms in total. The van der Waals surface area contributed by atoms with Gasteiger partial charge in [-0.1, -0.05) is 60.7 Å². The second-order valence-corrected chi connectivity index (χ2v) is 9.75. The van der Waals surface area contributed by atoms with Crippen LogP contribution in [0.2, 0.25) is 0 Å². The fourth-order valence-electron chi connectivity index (χ4n) is 4.55. The number of benzene rings is 4. The molecule has 4 aromatic carbocycles. The van der Waals surface area contributed by atoms with Crippen LogP contribution in [0.5, 0.6) is 0 Å². The van der Waals surface area contributed by atoms with E-state index in [4.69, 9.17) is 9.97 Å². The quantitative estimate of drug-likeness (QED) is 0.215. The Hall–Kier alpha value is -4.75. The minimum absolute atomic E-state index is 0.0667. The zero-order valence-corrected chi connectivity index (χ0v) is 22.4. The van der Waals surface area contributed by atoms with E-state index in [-0.39, 0.29) is 5.91 Å². The van der Waals surface area contributed by atoms with Crippen LogP contribution in [0, 0.1) is 13.8 Å². The van der Waals surface area contributed by atoms with Crippen molar-refractivity contribution >= 4 is 34.1 Å². The topological polar surface area (TPSA) is 90.4 Å². The van der Waals surface area contributed by atoms with Crippen LogP contribution >= 0.6 is 0 Å². The highest BCUT2D eigenvalue weighted by atomic mass is 16.3. The van der Waals surface area contributed by atoms with Gasteiger partial charge in [-0.15, -0.1) is 0 Å². The van der Waals surface area contributed by atoms with Crippen molar-refractivity contribution < 1.29 is 9.90 Å². The second-order valence-electron chi connectivity index (χ2n) is 9.75. The van der Waals surface area contributed by atoms with Gasteiger partial charge < -0.3 is 20.6 Å². The Labute approximate surface area is 228 Å². The molecule has 0 radical (unpaired) electrons. The number of aryl methyl sites for hydroxylation is 2. The minimum Gasteiger partial charge on any atom is -0.369 e. The van der Waals surface area contributed by atoms with Gasteiger partial charge in [0.15, 0.2) is 6.23 Å². The summed E-state index contributed by atoms with van der Waals surface area (Å²) in [4.78, 5) is 23.7. The number of hydrogen-bond donors (Lipinski definition) is 3. The molecule has 3 N–H and O–H groups in total. The van der Waals surface area contributed by atoms with Crippen molar-refractivity contribution in [2.45, 2.75) is 20.1 Å². The lowest BCUT2D eigenvalue weighted by Gasteiger charge is -2.18. The number of rotatable bonds is 7. The third-order valence-corrected chi connectivity index (χ3v) is 6.64. The molecule has 0 saturated carbocycles. The molecule has 5 rings (SSSR count). The molecule has 0 bridgehead atoms. The van der Waals surface area contributed by atoms with Crippen LogP contribution in [0.25, 0.3) is 22.2 Å². The van der Waals surface area contributed by atoms with Crippen molar-refractivity contribution in [2.75, 3.05) is 24.7 Å². The first-order valence-electron chi connectivity index (χ1n) is 12.8. The number of nitrogens with one attached hydrogen (secondary N) is 2. The maximum absolute atomic E-state index is 12.6. The molecular weight excluding hydrogens is 486 g/mol. The molecule has 0 saturated heterocycles. The van der Waals surface area contributed by atoms with Crippen LogP contribution in [-0.4, -0.2) is 40.0 Å². The summed E-state index contributed by atoms with van der Waals surface area (Å²) >= 11 is 0. The number of carbonyl (C=O) groups is 1. The van der Waals surface area contributed by atoms with Gasteiger partial charge in [0.1, 0.15) is 0 Å². The standard InChI is InChI=1S/C32H31N5O2/c1-20-9-7-10-21(2)28(20)35-30(38)22-15-17-25(18-16-22)33-32-34-27-14-6-5-13-26(27)29(36-32)23-11-8-12-24(19-23)31(39)37(3)4/h5-19,30,35,38H,1-4H3,(H,33,34,36). The minimum atomic E-state index is -0.848. The average Bonchev–Trinajstić information content (AvgIpc) is 2.94. The first-order chi connectivity index (χ1) is 18.8. The molecule has 1 aromatic heterocycles. The first-order valence-corrected chi connectivity index (χ1v) is 12.8. The van der Waals surface area contributed by atoms with Crippen LogP contribution in [0.3, 0.4) is 0 Å². The molecule has 1 heterocycles. The van der Waals surface area contributed by atoms with E-state index in [0.29, 0.717) is 11.5 Å². The van der Waals surface area contributed by atoms with Gasteiger partial charge in [-0.25, -0.2) is 9.97 Å². The van der Waals surface area contributed by atoms with Crippen molar-refractivity contribution in [3.05, 3.63) is 113 Å². The summed E-state index contributed by atoms with van der Waals surface area (Å²) < 4.78 is 0. The highest BCUT2D eigenvalue weighted by Gasteiger charge is 2.14. The molecule has 39 heavy (non-hydrogen) atoms. The van der Waals surface area contributed by atoms with E-state index < -0.39 is 6.23 Å². The lowest BCUT2D eigenvalue weighted by Crippen LogP contribution is -2.21. The number of nitrogens with zero attached hydrogens (tertiary/aromatic N) is 3. The molecule has 0 spiro atoms. The molecule has 0 fully saturated rings. The maximum Gasteiger partial charge on any atom is 0.253 e. The number of fused-ring (bicyclic) bond motifs is 1. The molecular formula is C32H31N5O2. The highest BCUT2D eigenvalue weighted by molar-refractivity contribution is 5.98. The van der Waals surface area contributed by atoms with E-state index in [1.165, 1.54) is 0 Å². The summed E-state index contributed by atoms with van der Waals surface area (Å²) in [5.74, 6) is 0.373. The molecule has 5 aromatic rings. The van der Waals surface area contributed by atoms with Gasteiger partial charge in [0.2, 0.25) is 5.95 Å². The predicted molar refractivity (Wildman–Crippen MR) is 157 cm³/mol. The van der Waals surface area contributed by atoms with E-state index >= 15 is 0 Å². The zero-order chi connectivity index (χ0) is 27.5. The van der Waals surface area contributed by atoms with E-state index in [1.54, 1.807) is 25.1 Å². The Bertz CT molecular complexity index is 1630. The molecule has 196 valence electrons. The van der Waals surface area contributed by atoms with Crippen molar-refractivity contribution in [3.8, 4) is 11.3 Å². The first kappa shape index (κ1) is 25.9. The Morgan fingerprint density at radius 3 is 2.26 bits per heavy atom. The van der Waals surface area contributed by atoms with Crippen LogP contribution in [0.1, 0.15) is 33.3 Å². The summed E-state index contributed by atoms with van der Waals surface area (Å²) in [6.07, 6.45) is -0.848. The van der Waals surface area contributed by atoms with Gasteiger partial charge >= 0.3 is 0 Å². The highest BCUT2D eigenvalue weighted by Crippen LogP contribution is 2.30. The largest absolute Gasteiger partial charge is 0.369 e. The van der Waals surface area contributed by atoms with Crippen molar-refractivity contribution in [1.82, 2.24) is 14.9 Å². The van der Waals surface area contributed by atoms with Gasteiger partial charge in [-0.2, -0.15) is 0 Å². The molecule has 7 heteroatoms. The summed E-state index contributed by atoms with van der Waals surface area (Å²) in [7, 11) is 3.47. The maximum atomic E-state index is 12.6.